The normalized spacial score (nSPS) is 23.2. The van der Waals surface area contributed by atoms with Crippen LogP contribution in [0, 0.1) is 0 Å². The van der Waals surface area contributed by atoms with Crippen molar-refractivity contribution in [3.05, 3.63) is 0 Å². The molecule has 0 radical (unpaired) electrons. The van der Waals surface area contributed by atoms with Crippen LogP contribution in [0.5, 0.6) is 0 Å². The lowest BCUT2D eigenvalue weighted by molar-refractivity contribution is -0.297. The highest BCUT2D eigenvalue weighted by atomic mass is 32.2. The molecule has 0 bridgehead atoms. The van der Waals surface area contributed by atoms with Crippen molar-refractivity contribution in [2.75, 3.05) is 19.0 Å². The summed E-state index contributed by atoms with van der Waals surface area (Å²) in [7, 11) is -4.58. The van der Waals surface area contributed by atoms with E-state index in [0.29, 0.717) is 12.8 Å². The SMILES string of the molecule is CCCCCCCCCCCC(=O)OC[C@H](CO[C@@H]1O[C@H](CS(=O)(=O)O)[C@@H](O)[C@H](O)[C@H]1O)OC(=O)CCCCCCCC. The third-order valence-corrected chi connectivity index (χ3v) is 8.19. The maximum Gasteiger partial charge on any atom is 0.306 e. The first-order valence-electron chi connectivity index (χ1n) is 16.1. The van der Waals surface area contributed by atoms with E-state index in [1.807, 2.05) is 0 Å². The molecule has 43 heavy (non-hydrogen) atoms. The van der Waals surface area contributed by atoms with E-state index in [4.69, 9.17) is 23.5 Å². The largest absolute Gasteiger partial charge is 0.462 e. The lowest BCUT2D eigenvalue weighted by atomic mass is 10.00. The maximum atomic E-state index is 12.5. The summed E-state index contributed by atoms with van der Waals surface area (Å²) in [6.45, 7) is 3.60. The summed E-state index contributed by atoms with van der Waals surface area (Å²) in [5.41, 5.74) is 0. The molecule has 0 amide bonds. The minimum atomic E-state index is -4.58. The van der Waals surface area contributed by atoms with Crippen LogP contribution in [0.4, 0.5) is 0 Å². The van der Waals surface area contributed by atoms with Gasteiger partial charge in [0.2, 0.25) is 0 Å². The molecule has 4 N–H and O–H groups in total. The molecule has 0 saturated carbocycles. The molecule has 0 aromatic rings. The third-order valence-electron chi connectivity index (χ3n) is 7.44. The van der Waals surface area contributed by atoms with Crippen LogP contribution >= 0.6 is 0 Å². The Morgan fingerprint density at radius 3 is 1.70 bits per heavy atom. The summed E-state index contributed by atoms with van der Waals surface area (Å²) >= 11 is 0. The van der Waals surface area contributed by atoms with Gasteiger partial charge in [-0.05, 0) is 12.8 Å². The van der Waals surface area contributed by atoms with Crippen LogP contribution in [0.1, 0.15) is 123 Å². The first kappa shape index (κ1) is 39.7. The van der Waals surface area contributed by atoms with E-state index >= 15 is 0 Å². The number of hydrogen-bond acceptors (Lipinski definition) is 11. The number of carbonyl (C=O) groups is 2. The Bertz CT molecular complexity index is 852. The van der Waals surface area contributed by atoms with Gasteiger partial charge in [-0.25, -0.2) is 0 Å². The minimum absolute atomic E-state index is 0.166. The van der Waals surface area contributed by atoms with Crippen molar-refractivity contribution in [2.24, 2.45) is 0 Å². The Balaban J connectivity index is 2.61. The van der Waals surface area contributed by atoms with Gasteiger partial charge in [0.25, 0.3) is 10.1 Å². The molecule has 1 fully saturated rings. The predicted molar refractivity (Wildman–Crippen MR) is 160 cm³/mol. The first-order valence-corrected chi connectivity index (χ1v) is 17.7. The number of hydrogen-bond donors (Lipinski definition) is 4. The molecule has 0 aromatic carbocycles. The number of rotatable bonds is 25. The third kappa shape index (κ3) is 18.9. The zero-order valence-electron chi connectivity index (χ0n) is 26.1. The molecule has 6 atom stereocenters. The smallest absolute Gasteiger partial charge is 0.306 e. The second-order valence-electron chi connectivity index (χ2n) is 11.5. The first-order chi connectivity index (χ1) is 20.5. The van der Waals surface area contributed by atoms with E-state index in [1.54, 1.807) is 0 Å². The Morgan fingerprint density at radius 1 is 0.698 bits per heavy atom. The van der Waals surface area contributed by atoms with Crippen LogP contribution in [-0.2, 0) is 38.7 Å². The molecule has 0 aliphatic carbocycles. The minimum Gasteiger partial charge on any atom is -0.462 e. The van der Waals surface area contributed by atoms with Crippen molar-refractivity contribution < 1.29 is 56.8 Å². The van der Waals surface area contributed by atoms with Crippen LogP contribution in [0.2, 0.25) is 0 Å². The fourth-order valence-electron chi connectivity index (χ4n) is 4.85. The summed E-state index contributed by atoms with van der Waals surface area (Å²) in [6.07, 6.45) is 6.60. The van der Waals surface area contributed by atoms with E-state index in [9.17, 15) is 33.3 Å². The van der Waals surface area contributed by atoms with Crippen LogP contribution in [0.25, 0.3) is 0 Å². The molecule has 13 heteroatoms. The number of aliphatic hydroxyl groups is 3. The Hall–Kier alpha value is -1.35. The van der Waals surface area contributed by atoms with E-state index in [2.05, 4.69) is 13.8 Å². The lowest BCUT2D eigenvalue weighted by Crippen LogP contribution is -2.60. The molecule has 0 aromatic heterocycles. The molecule has 1 aliphatic heterocycles. The topological polar surface area (TPSA) is 186 Å². The molecule has 1 saturated heterocycles. The van der Waals surface area contributed by atoms with Gasteiger partial charge in [-0.1, -0.05) is 97.3 Å². The lowest BCUT2D eigenvalue weighted by Gasteiger charge is -2.40. The van der Waals surface area contributed by atoms with Crippen molar-refractivity contribution in [1.29, 1.82) is 0 Å². The molecule has 1 rings (SSSR count). The van der Waals surface area contributed by atoms with Gasteiger partial charge in [0.05, 0.1) is 6.61 Å². The van der Waals surface area contributed by atoms with Gasteiger partial charge < -0.3 is 34.3 Å². The van der Waals surface area contributed by atoms with Crippen LogP contribution in [0.3, 0.4) is 0 Å². The zero-order chi connectivity index (χ0) is 32.1. The van der Waals surface area contributed by atoms with Gasteiger partial charge in [-0.2, -0.15) is 8.42 Å². The summed E-state index contributed by atoms with van der Waals surface area (Å²) in [4.78, 5) is 24.8. The van der Waals surface area contributed by atoms with Crippen LogP contribution in [-0.4, -0.2) is 96.0 Å². The number of unbranched alkanes of at least 4 members (excludes halogenated alkanes) is 13. The molecule has 12 nitrogen and oxygen atoms in total. The highest BCUT2D eigenvalue weighted by molar-refractivity contribution is 7.85. The summed E-state index contributed by atoms with van der Waals surface area (Å²) in [5, 5.41) is 30.5. The number of aliphatic hydroxyl groups excluding tert-OH is 3. The van der Waals surface area contributed by atoms with Crippen LogP contribution < -0.4 is 0 Å². The monoisotopic (exact) mass is 640 g/mol. The molecular formula is C30H56O12S. The zero-order valence-corrected chi connectivity index (χ0v) is 26.9. The quantitative estimate of drug-likeness (QED) is 0.0643. The number of ether oxygens (including phenoxy) is 4. The van der Waals surface area contributed by atoms with E-state index < -0.39 is 71.2 Å². The standard InChI is InChI=1S/C30H56O12S/c1-3-5-7-9-11-12-13-15-16-18-25(31)39-20-23(41-26(32)19-17-14-10-8-6-4-2)21-40-30-29(35)28(34)27(33)24(42-30)22-43(36,37)38/h23-24,27-30,33-35H,3-22H2,1-2H3,(H,36,37,38)/t23-,24-,27-,28+,29-,30-/m1/s1. The van der Waals surface area contributed by atoms with Gasteiger partial charge in [0, 0.05) is 12.8 Å². The highest BCUT2D eigenvalue weighted by Crippen LogP contribution is 2.23. The average Bonchev–Trinajstić information content (AvgIpc) is 2.95. The van der Waals surface area contributed by atoms with Crippen LogP contribution in [0.15, 0.2) is 0 Å². The predicted octanol–water partition coefficient (Wildman–Crippen LogP) is 3.82. The molecule has 254 valence electrons. The van der Waals surface area contributed by atoms with Crippen molar-refractivity contribution in [3.8, 4) is 0 Å². The Labute approximate surface area is 257 Å². The number of carbonyl (C=O) groups excluding carboxylic acids is 2. The second-order valence-corrected chi connectivity index (χ2v) is 13.0. The average molecular weight is 641 g/mol. The van der Waals surface area contributed by atoms with Gasteiger partial charge in [0.1, 0.15) is 36.8 Å². The fraction of sp³-hybridized carbons (Fsp3) is 0.933. The van der Waals surface area contributed by atoms with E-state index in [-0.39, 0.29) is 19.4 Å². The number of esters is 2. The Morgan fingerprint density at radius 2 is 1.19 bits per heavy atom. The second kappa shape index (κ2) is 23.1. The molecule has 0 unspecified atom stereocenters. The van der Waals surface area contributed by atoms with Gasteiger partial charge in [-0.3, -0.25) is 14.1 Å². The van der Waals surface area contributed by atoms with Gasteiger partial charge in [-0.15, -0.1) is 0 Å². The Kier molecular flexibility index (Phi) is 21.3. The van der Waals surface area contributed by atoms with Gasteiger partial charge in [0.15, 0.2) is 12.4 Å². The van der Waals surface area contributed by atoms with E-state index in [1.165, 1.54) is 32.1 Å². The maximum absolute atomic E-state index is 12.5. The van der Waals surface area contributed by atoms with Crippen molar-refractivity contribution in [1.82, 2.24) is 0 Å². The molecule has 1 aliphatic rings. The molecule has 1 heterocycles. The molecule has 0 spiro atoms. The molecular weight excluding hydrogens is 584 g/mol. The fourth-order valence-corrected chi connectivity index (χ4v) is 5.54. The van der Waals surface area contributed by atoms with Gasteiger partial charge >= 0.3 is 11.9 Å². The van der Waals surface area contributed by atoms with Crippen molar-refractivity contribution >= 4 is 22.1 Å². The highest BCUT2D eigenvalue weighted by Gasteiger charge is 2.46. The summed E-state index contributed by atoms with van der Waals surface area (Å²) < 4.78 is 53.3. The summed E-state index contributed by atoms with van der Waals surface area (Å²) in [5.74, 6) is -1.99. The summed E-state index contributed by atoms with van der Waals surface area (Å²) in [6, 6.07) is 0. The van der Waals surface area contributed by atoms with Crippen molar-refractivity contribution in [3.63, 3.8) is 0 Å². The van der Waals surface area contributed by atoms with E-state index in [0.717, 1.165) is 51.4 Å². The van der Waals surface area contributed by atoms with Crippen molar-refractivity contribution in [2.45, 2.75) is 160 Å².